The molecule has 5 nitrogen and oxygen atoms in total. The minimum Gasteiger partial charge on any atom is -0.464 e. The van der Waals surface area contributed by atoms with Crippen molar-refractivity contribution in [2.75, 3.05) is 6.61 Å². The van der Waals surface area contributed by atoms with Crippen LogP contribution in [0.25, 0.3) is 0 Å². The molecular weight excluding hydrogens is 385 g/mol. The van der Waals surface area contributed by atoms with Crippen molar-refractivity contribution in [3.8, 4) is 0 Å². The molecule has 156 valence electrons. The fourth-order valence-electron chi connectivity index (χ4n) is 2.87. The second-order valence-electron chi connectivity index (χ2n) is 6.57. The molecule has 0 unspecified atom stereocenters. The summed E-state index contributed by atoms with van der Waals surface area (Å²) in [6, 6.07) is 15.0. The van der Waals surface area contributed by atoms with Gasteiger partial charge in [-0.15, -0.1) is 0 Å². The van der Waals surface area contributed by atoms with Gasteiger partial charge in [-0.3, -0.25) is 4.79 Å². The van der Waals surface area contributed by atoms with Crippen molar-refractivity contribution in [3.63, 3.8) is 0 Å². The summed E-state index contributed by atoms with van der Waals surface area (Å²) in [6.45, 7) is 1.13. The number of benzene rings is 2. The molecule has 8 heteroatoms. The Morgan fingerprint density at radius 2 is 1.52 bits per heavy atom. The van der Waals surface area contributed by atoms with Crippen LogP contribution in [-0.4, -0.2) is 36.2 Å². The maximum Gasteiger partial charge on any atom is 0.422 e. The van der Waals surface area contributed by atoms with Crippen LogP contribution >= 0.6 is 0 Å². The van der Waals surface area contributed by atoms with Crippen LogP contribution in [-0.2, 0) is 27.2 Å². The normalized spacial score (nSPS) is 14.5. The highest BCUT2D eigenvalue weighted by molar-refractivity contribution is 5.91. The minimum atomic E-state index is -5.10. The van der Waals surface area contributed by atoms with E-state index in [1.807, 2.05) is 5.32 Å². The number of hydrogen-bond donors (Lipinski definition) is 2. The van der Waals surface area contributed by atoms with Crippen LogP contribution in [0.2, 0.25) is 0 Å². The smallest absolute Gasteiger partial charge is 0.422 e. The zero-order chi connectivity index (χ0) is 21.5. The van der Waals surface area contributed by atoms with Crippen LogP contribution in [0, 0.1) is 0 Å². The number of ether oxygens (including phenoxy) is 1. The third-order valence-electron chi connectivity index (χ3n) is 4.39. The second kappa shape index (κ2) is 9.56. The number of rotatable bonds is 8. The Morgan fingerprint density at radius 1 is 1.00 bits per heavy atom. The van der Waals surface area contributed by atoms with Crippen LogP contribution in [0.15, 0.2) is 60.7 Å². The molecule has 0 spiro atoms. The summed E-state index contributed by atoms with van der Waals surface area (Å²) < 4.78 is 47.1. The van der Waals surface area contributed by atoms with Crippen molar-refractivity contribution >= 4 is 11.9 Å². The molecule has 1 amide bonds. The van der Waals surface area contributed by atoms with Gasteiger partial charge in [0.15, 0.2) is 0 Å². The molecule has 0 fully saturated rings. The number of hydrogen-bond acceptors (Lipinski definition) is 4. The van der Waals surface area contributed by atoms with Crippen molar-refractivity contribution in [1.29, 1.82) is 0 Å². The Kier molecular flexibility index (Phi) is 7.39. The van der Waals surface area contributed by atoms with E-state index in [0.29, 0.717) is 5.56 Å². The standard InChI is InChI=1S/C21H23F3N2O3/c1-2-29-19(28)20(21(22,23)24,14-16-11-7-4-8-12-16)26-18(27)17(25)13-15-9-5-3-6-10-15/h3-12,17H,2,13-14,25H2,1H3,(H,26,27)/t17-,20+/m0/s1. The van der Waals surface area contributed by atoms with Gasteiger partial charge in [-0.1, -0.05) is 60.7 Å². The van der Waals surface area contributed by atoms with Crippen LogP contribution in [0.4, 0.5) is 13.2 Å². The number of carbonyl (C=O) groups is 2. The molecule has 0 saturated carbocycles. The largest absolute Gasteiger partial charge is 0.464 e. The van der Waals surface area contributed by atoms with Gasteiger partial charge in [0, 0.05) is 6.42 Å². The minimum absolute atomic E-state index is 0.0226. The van der Waals surface area contributed by atoms with Gasteiger partial charge in [-0.25, -0.2) is 4.79 Å². The SMILES string of the molecule is CCOC(=O)[C@@](Cc1ccccc1)(NC(=O)[C@@H](N)Cc1ccccc1)C(F)(F)F. The molecule has 0 aromatic heterocycles. The average Bonchev–Trinajstić information content (AvgIpc) is 2.68. The van der Waals surface area contributed by atoms with E-state index in [-0.39, 0.29) is 18.6 Å². The lowest BCUT2D eigenvalue weighted by atomic mass is 9.89. The van der Waals surface area contributed by atoms with E-state index in [2.05, 4.69) is 0 Å². The number of halogens is 3. The molecule has 2 aromatic carbocycles. The third-order valence-corrected chi connectivity index (χ3v) is 4.39. The van der Waals surface area contributed by atoms with Crippen molar-refractivity contribution in [3.05, 3.63) is 71.8 Å². The number of esters is 1. The lowest BCUT2D eigenvalue weighted by molar-refractivity contribution is -0.214. The maximum atomic E-state index is 14.1. The number of nitrogens with two attached hydrogens (primary N) is 1. The number of amides is 1. The molecule has 0 bridgehead atoms. The zero-order valence-electron chi connectivity index (χ0n) is 15.9. The summed E-state index contributed by atoms with van der Waals surface area (Å²) in [5, 5.41) is 1.86. The van der Waals surface area contributed by atoms with E-state index in [9.17, 15) is 22.8 Å². The predicted octanol–water partition coefficient (Wildman–Crippen LogP) is 2.78. The van der Waals surface area contributed by atoms with Crippen molar-refractivity contribution in [2.24, 2.45) is 5.73 Å². The fraction of sp³-hybridized carbons (Fsp3) is 0.333. The van der Waals surface area contributed by atoms with Gasteiger partial charge in [0.1, 0.15) is 0 Å². The lowest BCUT2D eigenvalue weighted by Crippen LogP contribution is -2.68. The molecule has 0 saturated heterocycles. The lowest BCUT2D eigenvalue weighted by Gasteiger charge is -2.35. The molecular formula is C21H23F3N2O3. The van der Waals surface area contributed by atoms with Crippen molar-refractivity contribution < 1.29 is 27.5 Å². The highest BCUT2D eigenvalue weighted by Crippen LogP contribution is 2.35. The maximum absolute atomic E-state index is 14.1. The molecule has 2 atom stereocenters. The van der Waals surface area contributed by atoms with Gasteiger partial charge < -0.3 is 15.8 Å². The first-order valence-corrected chi connectivity index (χ1v) is 9.09. The predicted molar refractivity (Wildman–Crippen MR) is 102 cm³/mol. The molecule has 2 rings (SSSR count). The van der Waals surface area contributed by atoms with E-state index in [0.717, 1.165) is 0 Å². The first-order chi connectivity index (χ1) is 13.7. The molecule has 0 aliphatic rings. The molecule has 0 radical (unpaired) electrons. The van der Waals surface area contributed by atoms with E-state index >= 15 is 0 Å². The van der Waals surface area contributed by atoms with Gasteiger partial charge in [0.05, 0.1) is 12.6 Å². The van der Waals surface area contributed by atoms with Gasteiger partial charge in [-0.2, -0.15) is 13.2 Å². The van der Waals surface area contributed by atoms with Crippen LogP contribution in [0.3, 0.4) is 0 Å². The van der Waals surface area contributed by atoms with Crippen LogP contribution < -0.4 is 11.1 Å². The van der Waals surface area contributed by atoms with Crippen molar-refractivity contribution in [1.82, 2.24) is 5.32 Å². The number of nitrogens with one attached hydrogen (secondary N) is 1. The van der Waals surface area contributed by atoms with Gasteiger partial charge in [-0.05, 0) is 24.5 Å². The van der Waals surface area contributed by atoms with Gasteiger partial charge in [0.2, 0.25) is 11.4 Å². The quantitative estimate of drug-likeness (QED) is 0.658. The topological polar surface area (TPSA) is 81.4 Å². The van der Waals surface area contributed by atoms with Crippen LogP contribution in [0.5, 0.6) is 0 Å². The van der Waals surface area contributed by atoms with Gasteiger partial charge >= 0.3 is 12.1 Å². The van der Waals surface area contributed by atoms with E-state index < -0.39 is 36.1 Å². The molecule has 29 heavy (non-hydrogen) atoms. The Balaban J connectivity index is 2.34. The average molecular weight is 408 g/mol. The van der Waals surface area contributed by atoms with E-state index in [4.69, 9.17) is 10.5 Å². The molecule has 3 N–H and O–H groups in total. The van der Waals surface area contributed by atoms with E-state index in [1.165, 1.54) is 19.1 Å². The number of carbonyl (C=O) groups excluding carboxylic acids is 2. The Bertz CT molecular complexity index is 813. The molecule has 0 aliphatic heterocycles. The molecule has 0 aliphatic carbocycles. The Labute approximate surface area is 167 Å². The Hall–Kier alpha value is -2.87. The van der Waals surface area contributed by atoms with E-state index in [1.54, 1.807) is 48.5 Å². The summed E-state index contributed by atoms with van der Waals surface area (Å²) in [7, 11) is 0. The van der Waals surface area contributed by atoms with Crippen molar-refractivity contribution in [2.45, 2.75) is 37.5 Å². The summed E-state index contributed by atoms with van der Waals surface area (Å²) >= 11 is 0. The Morgan fingerprint density at radius 3 is 2.00 bits per heavy atom. The third kappa shape index (κ3) is 5.57. The number of alkyl halides is 3. The second-order valence-corrected chi connectivity index (χ2v) is 6.57. The zero-order valence-corrected chi connectivity index (χ0v) is 15.9. The molecule has 2 aromatic rings. The first-order valence-electron chi connectivity index (χ1n) is 9.09. The summed E-state index contributed by atoms with van der Waals surface area (Å²) in [5.74, 6) is -2.66. The summed E-state index contributed by atoms with van der Waals surface area (Å²) in [5.41, 5.74) is 3.50. The highest BCUT2D eigenvalue weighted by atomic mass is 19.4. The fourth-order valence-corrected chi connectivity index (χ4v) is 2.87. The molecule has 0 heterocycles. The van der Waals surface area contributed by atoms with Crippen LogP contribution in [0.1, 0.15) is 18.1 Å². The first kappa shape index (κ1) is 22.4. The van der Waals surface area contributed by atoms with Gasteiger partial charge in [0.25, 0.3) is 0 Å². The monoisotopic (exact) mass is 408 g/mol. The highest BCUT2D eigenvalue weighted by Gasteiger charge is 2.62. The summed E-state index contributed by atoms with van der Waals surface area (Å²) in [6.07, 6.45) is -5.88. The summed E-state index contributed by atoms with van der Waals surface area (Å²) in [4.78, 5) is 25.0.